The summed E-state index contributed by atoms with van der Waals surface area (Å²) in [6.07, 6.45) is 0. The van der Waals surface area contributed by atoms with E-state index < -0.39 is 0 Å². The second-order valence-electron chi connectivity index (χ2n) is 3.06. The molecule has 1 aromatic carbocycles. The Morgan fingerprint density at radius 2 is 1.94 bits per heavy atom. The van der Waals surface area contributed by atoms with E-state index in [1.54, 1.807) is 24.3 Å². The second kappa shape index (κ2) is 5.87. The minimum absolute atomic E-state index is 0.124. The van der Waals surface area contributed by atoms with E-state index in [4.69, 9.17) is 4.84 Å². The van der Waals surface area contributed by atoms with E-state index in [9.17, 15) is 9.59 Å². The number of likely N-dealkylation sites (N-methyl/N-ethyl adjacent to an activating group) is 1. The number of benzene rings is 1. The summed E-state index contributed by atoms with van der Waals surface area (Å²) in [6.45, 7) is -0.124. The molecule has 0 atom stereocenters. The summed E-state index contributed by atoms with van der Waals surface area (Å²) in [7, 11) is 2.85. The zero-order valence-electron chi connectivity index (χ0n) is 9.27. The Bertz CT molecular complexity index is 365. The molecule has 0 unspecified atom stereocenters. The molecule has 0 saturated carbocycles. The molecular weight excluding hydrogens is 208 g/mol. The Hall–Kier alpha value is -1.88. The summed E-state index contributed by atoms with van der Waals surface area (Å²) >= 11 is 0. The van der Waals surface area contributed by atoms with Gasteiger partial charge >= 0.3 is 0 Å². The number of hydroxylamine groups is 2. The highest BCUT2D eigenvalue weighted by Crippen LogP contribution is 2.04. The first-order valence-electron chi connectivity index (χ1n) is 4.80. The van der Waals surface area contributed by atoms with Crippen LogP contribution >= 0.6 is 0 Å². The molecule has 0 spiro atoms. The van der Waals surface area contributed by atoms with Gasteiger partial charge in [0.25, 0.3) is 5.91 Å². The molecule has 86 valence electrons. The fourth-order valence-electron chi connectivity index (χ4n) is 1.15. The van der Waals surface area contributed by atoms with Crippen molar-refractivity contribution in [3.05, 3.63) is 35.9 Å². The molecule has 0 bridgehead atoms. The van der Waals surface area contributed by atoms with Gasteiger partial charge in [0.05, 0.1) is 7.11 Å². The van der Waals surface area contributed by atoms with Crippen LogP contribution < -0.4 is 5.32 Å². The van der Waals surface area contributed by atoms with Gasteiger partial charge in [0.2, 0.25) is 5.91 Å². The third kappa shape index (κ3) is 3.06. The molecule has 0 aliphatic rings. The number of nitrogens with one attached hydrogen (secondary N) is 1. The third-order valence-corrected chi connectivity index (χ3v) is 2.03. The predicted molar refractivity (Wildman–Crippen MR) is 58.6 cm³/mol. The van der Waals surface area contributed by atoms with Crippen molar-refractivity contribution in [2.45, 2.75) is 0 Å². The van der Waals surface area contributed by atoms with Crippen LogP contribution in [0.25, 0.3) is 0 Å². The lowest BCUT2D eigenvalue weighted by Crippen LogP contribution is -2.38. The van der Waals surface area contributed by atoms with Crippen LogP contribution in [0.2, 0.25) is 0 Å². The molecule has 1 N–H and O–H groups in total. The Morgan fingerprint density at radius 3 is 2.44 bits per heavy atom. The average molecular weight is 222 g/mol. The zero-order chi connectivity index (χ0) is 12.0. The van der Waals surface area contributed by atoms with Crippen molar-refractivity contribution >= 4 is 11.8 Å². The second-order valence-corrected chi connectivity index (χ2v) is 3.06. The highest BCUT2D eigenvalue weighted by atomic mass is 16.7. The van der Waals surface area contributed by atoms with E-state index in [-0.39, 0.29) is 18.4 Å². The van der Waals surface area contributed by atoms with Crippen molar-refractivity contribution in [3.63, 3.8) is 0 Å². The molecule has 16 heavy (non-hydrogen) atoms. The van der Waals surface area contributed by atoms with Crippen molar-refractivity contribution in [3.8, 4) is 0 Å². The quantitative estimate of drug-likeness (QED) is 0.752. The first kappa shape index (κ1) is 12.2. The molecule has 5 nitrogen and oxygen atoms in total. The number of rotatable bonds is 4. The summed E-state index contributed by atoms with van der Waals surface area (Å²) in [5.74, 6) is -0.627. The van der Waals surface area contributed by atoms with Gasteiger partial charge in [0, 0.05) is 12.6 Å². The van der Waals surface area contributed by atoms with E-state index in [1.165, 1.54) is 14.2 Å². The molecule has 0 saturated heterocycles. The average Bonchev–Trinajstić information content (AvgIpc) is 2.35. The SMILES string of the molecule is CNC(=O)CN(OC)C(=O)c1ccccc1. The van der Waals surface area contributed by atoms with Gasteiger partial charge in [-0.1, -0.05) is 18.2 Å². The summed E-state index contributed by atoms with van der Waals surface area (Å²) < 4.78 is 0. The number of carbonyl (C=O) groups is 2. The van der Waals surface area contributed by atoms with Crippen LogP contribution in [0.15, 0.2) is 30.3 Å². The molecule has 0 radical (unpaired) electrons. The van der Waals surface area contributed by atoms with E-state index in [0.717, 1.165) is 5.06 Å². The lowest BCUT2D eigenvalue weighted by molar-refractivity contribution is -0.136. The van der Waals surface area contributed by atoms with Crippen molar-refractivity contribution in [1.29, 1.82) is 0 Å². The Kier molecular flexibility index (Phi) is 4.47. The Labute approximate surface area is 94.0 Å². The van der Waals surface area contributed by atoms with Gasteiger partial charge in [-0.2, -0.15) is 0 Å². The van der Waals surface area contributed by atoms with Crippen molar-refractivity contribution in [2.75, 3.05) is 20.7 Å². The molecule has 0 heterocycles. The summed E-state index contributed by atoms with van der Waals surface area (Å²) in [5.41, 5.74) is 0.480. The first-order chi connectivity index (χ1) is 7.69. The third-order valence-electron chi connectivity index (χ3n) is 2.03. The lowest BCUT2D eigenvalue weighted by atomic mass is 10.2. The minimum atomic E-state index is -0.341. The highest BCUT2D eigenvalue weighted by Gasteiger charge is 2.17. The molecule has 0 aromatic heterocycles. The van der Waals surface area contributed by atoms with Crippen LogP contribution in [0.1, 0.15) is 10.4 Å². The zero-order valence-corrected chi connectivity index (χ0v) is 9.27. The van der Waals surface area contributed by atoms with Crippen molar-refractivity contribution in [2.24, 2.45) is 0 Å². The molecule has 0 aliphatic carbocycles. The lowest BCUT2D eigenvalue weighted by Gasteiger charge is -2.18. The van der Waals surface area contributed by atoms with Crippen molar-refractivity contribution < 1.29 is 14.4 Å². The van der Waals surface area contributed by atoms with Crippen LogP contribution in [0.3, 0.4) is 0 Å². The van der Waals surface area contributed by atoms with E-state index >= 15 is 0 Å². The number of nitrogens with zero attached hydrogens (tertiary/aromatic N) is 1. The molecule has 0 aliphatic heterocycles. The van der Waals surface area contributed by atoms with Gasteiger partial charge in [-0.25, -0.2) is 5.06 Å². The first-order valence-corrected chi connectivity index (χ1v) is 4.80. The fraction of sp³-hybridized carbons (Fsp3) is 0.273. The highest BCUT2D eigenvalue weighted by molar-refractivity contribution is 5.95. The summed E-state index contributed by atoms with van der Waals surface area (Å²) in [4.78, 5) is 27.8. The molecule has 1 aromatic rings. The monoisotopic (exact) mass is 222 g/mol. The molecule has 5 heteroatoms. The standard InChI is InChI=1S/C11H14N2O3/c1-12-10(14)8-13(16-2)11(15)9-6-4-3-5-7-9/h3-7H,8H2,1-2H3,(H,12,14). The van der Waals surface area contributed by atoms with Crippen LogP contribution in [0.4, 0.5) is 0 Å². The number of amides is 2. The number of hydrogen-bond donors (Lipinski definition) is 1. The Morgan fingerprint density at radius 1 is 1.31 bits per heavy atom. The van der Waals surface area contributed by atoms with Crippen LogP contribution in [0.5, 0.6) is 0 Å². The van der Waals surface area contributed by atoms with Crippen LogP contribution in [0, 0.1) is 0 Å². The maximum Gasteiger partial charge on any atom is 0.277 e. The molecule has 2 amide bonds. The van der Waals surface area contributed by atoms with E-state index in [1.807, 2.05) is 6.07 Å². The summed E-state index contributed by atoms with van der Waals surface area (Å²) in [6, 6.07) is 8.64. The number of hydrogen-bond acceptors (Lipinski definition) is 3. The van der Waals surface area contributed by atoms with E-state index in [2.05, 4.69) is 5.32 Å². The molecular formula is C11H14N2O3. The van der Waals surface area contributed by atoms with Crippen LogP contribution in [-0.2, 0) is 9.63 Å². The van der Waals surface area contributed by atoms with Gasteiger partial charge in [-0.05, 0) is 12.1 Å². The topological polar surface area (TPSA) is 58.6 Å². The predicted octanol–water partition coefficient (Wildman–Crippen LogP) is 0.436. The molecule has 1 rings (SSSR count). The van der Waals surface area contributed by atoms with Gasteiger partial charge in [-0.15, -0.1) is 0 Å². The maximum atomic E-state index is 11.8. The normalized spacial score (nSPS) is 9.62. The van der Waals surface area contributed by atoms with Crippen LogP contribution in [-0.4, -0.2) is 37.6 Å². The summed E-state index contributed by atoms with van der Waals surface area (Å²) in [5, 5.41) is 3.43. The fourth-order valence-corrected chi connectivity index (χ4v) is 1.15. The Balaban J connectivity index is 2.74. The smallest absolute Gasteiger partial charge is 0.277 e. The van der Waals surface area contributed by atoms with Gasteiger partial charge in [-0.3, -0.25) is 14.4 Å². The maximum absolute atomic E-state index is 11.8. The largest absolute Gasteiger partial charge is 0.358 e. The number of carbonyl (C=O) groups excluding carboxylic acids is 2. The van der Waals surface area contributed by atoms with Gasteiger partial charge in [0.15, 0.2) is 0 Å². The molecule has 0 fully saturated rings. The minimum Gasteiger partial charge on any atom is -0.358 e. The van der Waals surface area contributed by atoms with Gasteiger partial charge in [0.1, 0.15) is 6.54 Å². The van der Waals surface area contributed by atoms with Crippen molar-refractivity contribution in [1.82, 2.24) is 10.4 Å². The van der Waals surface area contributed by atoms with Gasteiger partial charge < -0.3 is 5.32 Å². The van der Waals surface area contributed by atoms with E-state index in [0.29, 0.717) is 5.56 Å².